The van der Waals surface area contributed by atoms with E-state index in [1.165, 1.54) is 17.2 Å². The third-order valence-corrected chi connectivity index (χ3v) is 5.40. The van der Waals surface area contributed by atoms with Crippen LogP contribution in [0.2, 0.25) is 0 Å². The zero-order valence-electron chi connectivity index (χ0n) is 17.2. The van der Waals surface area contributed by atoms with E-state index in [-0.39, 0.29) is 28.9 Å². The molecule has 2 aromatic carbocycles. The van der Waals surface area contributed by atoms with Gasteiger partial charge in [0.15, 0.2) is 5.96 Å². The second-order valence-corrected chi connectivity index (χ2v) is 8.61. The first kappa shape index (κ1) is 25.4. The fourth-order valence-electron chi connectivity index (χ4n) is 2.81. The molecule has 4 N–H and O–H groups in total. The van der Waals surface area contributed by atoms with Crippen molar-refractivity contribution in [2.75, 3.05) is 13.6 Å². The maximum atomic E-state index is 11.4. The van der Waals surface area contributed by atoms with Crippen molar-refractivity contribution in [2.24, 2.45) is 10.1 Å². The molecule has 0 unspecified atom stereocenters. The van der Waals surface area contributed by atoms with E-state index in [1.54, 1.807) is 19.2 Å². The molecule has 160 valence electrons. The van der Waals surface area contributed by atoms with Crippen LogP contribution in [-0.2, 0) is 23.0 Å². The lowest BCUT2D eigenvalue weighted by Gasteiger charge is -2.12. The molecular formula is C21H31IN4O2S. The van der Waals surface area contributed by atoms with Gasteiger partial charge >= 0.3 is 0 Å². The van der Waals surface area contributed by atoms with Gasteiger partial charge in [0.1, 0.15) is 0 Å². The summed E-state index contributed by atoms with van der Waals surface area (Å²) in [7, 11) is -1.99. The van der Waals surface area contributed by atoms with Gasteiger partial charge in [0, 0.05) is 20.1 Å². The van der Waals surface area contributed by atoms with E-state index in [1.807, 2.05) is 6.07 Å². The molecule has 0 amide bonds. The normalized spacial score (nSPS) is 11.8. The summed E-state index contributed by atoms with van der Waals surface area (Å²) >= 11 is 0. The topological polar surface area (TPSA) is 96.6 Å². The fraction of sp³-hybridized carbons (Fsp3) is 0.381. The Balaban J connectivity index is 0.00000420. The Kier molecular flexibility index (Phi) is 10.6. The summed E-state index contributed by atoms with van der Waals surface area (Å²) in [5.41, 5.74) is 3.51. The van der Waals surface area contributed by atoms with Crippen LogP contribution in [0, 0.1) is 0 Å². The molecule has 0 saturated heterocycles. The number of nitrogens with one attached hydrogen (secondary N) is 2. The van der Waals surface area contributed by atoms with Crippen LogP contribution in [-0.4, -0.2) is 28.0 Å². The minimum Gasteiger partial charge on any atom is -0.356 e. The number of sulfonamides is 1. The minimum atomic E-state index is -3.69. The van der Waals surface area contributed by atoms with Gasteiger partial charge in [-0.2, -0.15) is 0 Å². The molecule has 6 nitrogen and oxygen atoms in total. The number of nitrogens with two attached hydrogens (primary N) is 1. The Morgan fingerprint density at radius 3 is 2.34 bits per heavy atom. The Hall–Kier alpha value is -1.65. The van der Waals surface area contributed by atoms with E-state index in [0.717, 1.165) is 24.9 Å². The summed E-state index contributed by atoms with van der Waals surface area (Å²) in [5, 5.41) is 11.6. The first-order chi connectivity index (χ1) is 13.3. The summed E-state index contributed by atoms with van der Waals surface area (Å²) in [4.78, 5) is 4.31. The number of aliphatic imine (C=N–C) groups is 1. The summed E-state index contributed by atoms with van der Waals surface area (Å²) < 4.78 is 22.9. The predicted octanol–water partition coefficient (Wildman–Crippen LogP) is 3.37. The van der Waals surface area contributed by atoms with Crippen LogP contribution in [0.15, 0.2) is 58.4 Å². The number of primary sulfonamides is 1. The van der Waals surface area contributed by atoms with E-state index in [0.29, 0.717) is 18.4 Å². The number of hydrogen-bond acceptors (Lipinski definition) is 3. The molecule has 0 aliphatic carbocycles. The molecule has 0 aliphatic rings. The standard InChI is InChI=1S/C21H30N4O2S.HI/c1-16(2)19-11-9-17(10-12-19)7-5-13-24-21(23-3)25-15-18-6-4-8-20(14-18)28(22,26)27;/h4,6,8-12,14,16H,5,7,13,15H2,1-3H3,(H2,22,26,27)(H2,23,24,25);1H. The molecule has 2 rings (SSSR count). The van der Waals surface area contributed by atoms with Crippen LogP contribution in [0.4, 0.5) is 0 Å². The highest BCUT2D eigenvalue weighted by Crippen LogP contribution is 2.15. The number of aryl methyl sites for hydroxylation is 1. The molecule has 0 fully saturated rings. The van der Waals surface area contributed by atoms with Gasteiger partial charge in [-0.15, -0.1) is 24.0 Å². The van der Waals surface area contributed by atoms with Gasteiger partial charge in [0.2, 0.25) is 10.0 Å². The molecule has 0 atom stereocenters. The fourth-order valence-corrected chi connectivity index (χ4v) is 3.39. The lowest BCUT2D eigenvalue weighted by Crippen LogP contribution is -2.37. The van der Waals surface area contributed by atoms with Gasteiger partial charge in [-0.05, 0) is 47.6 Å². The summed E-state index contributed by atoms with van der Waals surface area (Å²) in [6, 6.07) is 15.4. The number of rotatable bonds is 8. The van der Waals surface area contributed by atoms with Crippen LogP contribution in [0.25, 0.3) is 0 Å². The molecule has 0 aliphatic heterocycles. The number of guanidine groups is 1. The molecule has 29 heavy (non-hydrogen) atoms. The highest BCUT2D eigenvalue weighted by molar-refractivity contribution is 14.0. The van der Waals surface area contributed by atoms with Gasteiger partial charge in [-0.1, -0.05) is 50.2 Å². The summed E-state index contributed by atoms with van der Waals surface area (Å²) in [6.45, 7) is 5.65. The average molecular weight is 530 g/mol. The van der Waals surface area contributed by atoms with Crippen molar-refractivity contribution in [3.05, 3.63) is 65.2 Å². The third kappa shape index (κ3) is 8.71. The highest BCUT2D eigenvalue weighted by atomic mass is 127. The lowest BCUT2D eigenvalue weighted by atomic mass is 10.0. The van der Waals surface area contributed by atoms with Crippen molar-refractivity contribution in [3.8, 4) is 0 Å². The first-order valence-corrected chi connectivity index (χ1v) is 11.0. The molecule has 0 spiro atoms. The molecule has 8 heteroatoms. The van der Waals surface area contributed by atoms with Crippen molar-refractivity contribution in [1.29, 1.82) is 0 Å². The zero-order valence-corrected chi connectivity index (χ0v) is 20.3. The molecule has 0 radical (unpaired) electrons. The third-order valence-electron chi connectivity index (χ3n) is 4.49. The van der Waals surface area contributed by atoms with Crippen molar-refractivity contribution in [1.82, 2.24) is 10.6 Å². The van der Waals surface area contributed by atoms with Gasteiger partial charge in [-0.3, -0.25) is 4.99 Å². The SMILES string of the molecule is CN=C(NCCCc1ccc(C(C)C)cc1)NCc1cccc(S(N)(=O)=O)c1.I. The quantitative estimate of drug-likeness (QED) is 0.211. The molecule has 0 saturated carbocycles. The molecule has 2 aromatic rings. The maximum absolute atomic E-state index is 11.4. The monoisotopic (exact) mass is 530 g/mol. The predicted molar refractivity (Wildman–Crippen MR) is 130 cm³/mol. The Bertz CT molecular complexity index is 897. The largest absolute Gasteiger partial charge is 0.356 e. The molecular weight excluding hydrogens is 499 g/mol. The van der Waals surface area contributed by atoms with E-state index >= 15 is 0 Å². The van der Waals surface area contributed by atoms with Crippen LogP contribution in [0.3, 0.4) is 0 Å². The van der Waals surface area contributed by atoms with E-state index in [2.05, 4.69) is 53.7 Å². The maximum Gasteiger partial charge on any atom is 0.238 e. The summed E-state index contributed by atoms with van der Waals surface area (Å²) in [5.74, 6) is 1.23. The number of hydrogen-bond donors (Lipinski definition) is 3. The van der Waals surface area contributed by atoms with Crippen molar-refractivity contribution in [2.45, 2.75) is 44.0 Å². The molecule has 0 aromatic heterocycles. The second kappa shape index (κ2) is 12.1. The van der Waals surface area contributed by atoms with Gasteiger partial charge in [-0.25, -0.2) is 13.6 Å². The van der Waals surface area contributed by atoms with Crippen LogP contribution < -0.4 is 15.8 Å². The molecule has 0 bridgehead atoms. The Labute approximate surface area is 191 Å². The molecule has 0 heterocycles. The van der Waals surface area contributed by atoms with Crippen LogP contribution >= 0.6 is 24.0 Å². The van der Waals surface area contributed by atoms with E-state index in [4.69, 9.17) is 5.14 Å². The lowest BCUT2D eigenvalue weighted by molar-refractivity contribution is 0.597. The van der Waals surface area contributed by atoms with Crippen molar-refractivity contribution in [3.63, 3.8) is 0 Å². The van der Waals surface area contributed by atoms with Crippen LogP contribution in [0.5, 0.6) is 0 Å². The van der Waals surface area contributed by atoms with E-state index in [9.17, 15) is 8.42 Å². The Morgan fingerprint density at radius 1 is 1.07 bits per heavy atom. The van der Waals surface area contributed by atoms with Gasteiger partial charge in [0.05, 0.1) is 4.90 Å². The number of benzene rings is 2. The van der Waals surface area contributed by atoms with Crippen LogP contribution in [0.1, 0.15) is 42.9 Å². The smallest absolute Gasteiger partial charge is 0.238 e. The number of nitrogens with zero attached hydrogens (tertiary/aromatic N) is 1. The van der Waals surface area contributed by atoms with Gasteiger partial charge < -0.3 is 10.6 Å². The van der Waals surface area contributed by atoms with E-state index < -0.39 is 10.0 Å². The average Bonchev–Trinajstić information content (AvgIpc) is 2.67. The Morgan fingerprint density at radius 2 is 1.76 bits per heavy atom. The first-order valence-electron chi connectivity index (χ1n) is 9.44. The highest BCUT2D eigenvalue weighted by Gasteiger charge is 2.08. The second-order valence-electron chi connectivity index (χ2n) is 7.04. The van der Waals surface area contributed by atoms with Crippen molar-refractivity contribution >= 4 is 40.0 Å². The van der Waals surface area contributed by atoms with Gasteiger partial charge in [0.25, 0.3) is 0 Å². The zero-order chi connectivity index (χ0) is 20.6. The summed E-state index contributed by atoms with van der Waals surface area (Å²) in [6.07, 6.45) is 1.99. The van der Waals surface area contributed by atoms with Crippen molar-refractivity contribution < 1.29 is 8.42 Å². The minimum absolute atomic E-state index is 0. The number of halogens is 1.